The van der Waals surface area contributed by atoms with Crippen molar-refractivity contribution in [2.45, 2.75) is 33.2 Å². The van der Waals surface area contributed by atoms with Crippen molar-refractivity contribution in [1.82, 2.24) is 5.32 Å². The van der Waals surface area contributed by atoms with Crippen LogP contribution in [0.5, 0.6) is 0 Å². The topological polar surface area (TPSA) is 50.4 Å². The molecule has 6 heteroatoms. The summed E-state index contributed by atoms with van der Waals surface area (Å²) < 4.78 is 11.9. The molecule has 20 heavy (non-hydrogen) atoms. The van der Waals surface area contributed by atoms with E-state index in [-0.39, 0.29) is 0 Å². The third kappa shape index (κ3) is 7.60. The Balaban J connectivity index is 0.00000172. The van der Waals surface area contributed by atoms with Gasteiger partial charge in [0.1, 0.15) is 0 Å². The van der Waals surface area contributed by atoms with Crippen LogP contribution in [0, 0.1) is 0 Å². The lowest BCUT2D eigenvalue weighted by Gasteiger charge is -2.08. The van der Waals surface area contributed by atoms with Crippen LogP contribution in [0.1, 0.15) is 31.4 Å². The number of guanidine groups is 1. The van der Waals surface area contributed by atoms with Crippen molar-refractivity contribution in [2.75, 3.05) is 12.8 Å². The second-order valence-corrected chi connectivity index (χ2v) is 4.84. The standard InChI is InChI=1S/C12H17ClFN3S.C2H6/c1-16-12(15)17-8-9-4-5-10(11(13)7-9)3-2-6-18-14;1-2/h4-5,7H,2-3,6,8H2,1H3,(H3,15,16,17);1-2H3. The van der Waals surface area contributed by atoms with Crippen LogP contribution in [0.4, 0.5) is 3.89 Å². The normalized spacial score (nSPS) is 10.8. The number of rotatable bonds is 6. The monoisotopic (exact) mass is 319 g/mol. The Morgan fingerprint density at radius 1 is 1.45 bits per heavy atom. The molecule has 0 bridgehead atoms. The van der Waals surface area contributed by atoms with Crippen LogP contribution in [-0.4, -0.2) is 18.8 Å². The van der Waals surface area contributed by atoms with E-state index in [0.29, 0.717) is 35.4 Å². The van der Waals surface area contributed by atoms with Gasteiger partial charge in [0.2, 0.25) is 0 Å². The summed E-state index contributed by atoms with van der Waals surface area (Å²) in [6.07, 6.45) is 1.58. The van der Waals surface area contributed by atoms with Crippen LogP contribution < -0.4 is 11.1 Å². The Bertz CT molecular complexity index is 413. The van der Waals surface area contributed by atoms with E-state index < -0.39 is 0 Å². The lowest BCUT2D eigenvalue weighted by atomic mass is 10.1. The molecule has 3 nitrogen and oxygen atoms in total. The van der Waals surface area contributed by atoms with Crippen LogP contribution in [0.15, 0.2) is 23.2 Å². The molecule has 0 fully saturated rings. The number of nitrogens with zero attached hydrogens (tertiary/aromatic N) is 1. The number of halogens is 2. The minimum atomic E-state index is 0.364. The highest BCUT2D eigenvalue weighted by Crippen LogP contribution is 2.20. The van der Waals surface area contributed by atoms with Crippen LogP contribution in [0.2, 0.25) is 5.02 Å². The van der Waals surface area contributed by atoms with Gasteiger partial charge in [0.15, 0.2) is 5.96 Å². The van der Waals surface area contributed by atoms with E-state index in [2.05, 4.69) is 10.3 Å². The van der Waals surface area contributed by atoms with Gasteiger partial charge in [-0.15, -0.1) is 0 Å². The molecule has 0 spiro atoms. The van der Waals surface area contributed by atoms with Crippen LogP contribution in [0.25, 0.3) is 0 Å². The van der Waals surface area contributed by atoms with E-state index >= 15 is 0 Å². The number of benzene rings is 1. The molecule has 0 heterocycles. The Morgan fingerprint density at radius 3 is 2.70 bits per heavy atom. The minimum Gasteiger partial charge on any atom is -0.370 e. The van der Waals surface area contributed by atoms with Crippen molar-refractivity contribution in [3.05, 3.63) is 34.3 Å². The van der Waals surface area contributed by atoms with Gasteiger partial charge in [0.25, 0.3) is 0 Å². The highest BCUT2D eigenvalue weighted by atomic mass is 35.5. The SMILES string of the molecule is CC.CN=C(N)NCc1ccc(CCCSF)c(Cl)c1. The predicted molar refractivity (Wildman–Crippen MR) is 89.1 cm³/mol. The van der Waals surface area contributed by atoms with Crippen molar-refractivity contribution in [3.63, 3.8) is 0 Å². The van der Waals surface area contributed by atoms with Crippen molar-refractivity contribution in [1.29, 1.82) is 0 Å². The molecule has 0 radical (unpaired) electrons. The lowest BCUT2D eigenvalue weighted by Crippen LogP contribution is -2.30. The van der Waals surface area contributed by atoms with Gasteiger partial charge in [-0.3, -0.25) is 4.99 Å². The molecule has 1 aromatic carbocycles. The number of aryl methyl sites for hydroxylation is 1. The molecule has 0 atom stereocenters. The number of nitrogens with one attached hydrogen (secondary N) is 1. The quantitative estimate of drug-likeness (QED) is 0.474. The summed E-state index contributed by atoms with van der Waals surface area (Å²) in [5.41, 5.74) is 7.62. The summed E-state index contributed by atoms with van der Waals surface area (Å²) in [4.78, 5) is 3.81. The number of hydrogen-bond donors (Lipinski definition) is 2. The maximum Gasteiger partial charge on any atom is 0.188 e. The van der Waals surface area contributed by atoms with Crippen LogP contribution >= 0.6 is 23.7 Å². The Labute approximate surface area is 130 Å². The summed E-state index contributed by atoms with van der Waals surface area (Å²) in [6.45, 7) is 4.59. The average Bonchev–Trinajstić information content (AvgIpc) is 2.49. The largest absolute Gasteiger partial charge is 0.370 e. The van der Waals surface area contributed by atoms with Gasteiger partial charge < -0.3 is 11.1 Å². The Hall–Kier alpha value is -0.940. The highest BCUT2D eigenvalue weighted by molar-refractivity contribution is 7.94. The van der Waals surface area contributed by atoms with Crippen molar-refractivity contribution in [2.24, 2.45) is 10.7 Å². The van der Waals surface area contributed by atoms with Crippen LogP contribution in [-0.2, 0) is 13.0 Å². The predicted octanol–water partition coefficient (Wildman–Crippen LogP) is 3.95. The van der Waals surface area contributed by atoms with Gasteiger partial charge in [-0.1, -0.05) is 37.6 Å². The first-order valence-corrected chi connectivity index (χ1v) is 7.90. The molecule has 0 aliphatic rings. The molecule has 0 aromatic heterocycles. The van der Waals surface area contributed by atoms with E-state index in [4.69, 9.17) is 17.3 Å². The molecule has 0 amide bonds. The van der Waals surface area contributed by atoms with E-state index in [1.807, 2.05) is 32.0 Å². The molecule has 0 saturated carbocycles. The molecule has 114 valence electrons. The molecule has 3 N–H and O–H groups in total. The van der Waals surface area contributed by atoms with Gasteiger partial charge in [-0.25, -0.2) is 0 Å². The molecule has 0 aliphatic heterocycles. The zero-order valence-corrected chi connectivity index (χ0v) is 13.8. The van der Waals surface area contributed by atoms with E-state index in [0.717, 1.165) is 24.0 Å². The fourth-order valence-electron chi connectivity index (χ4n) is 1.49. The van der Waals surface area contributed by atoms with E-state index in [1.54, 1.807) is 7.05 Å². The van der Waals surface area contributed by atoms with E-state index in [9.17, 15) is 3.89 Å². The fourth-order valence-corrected chi connectivity index (χ4v) is 2.04. The number of hydrogen-bond acceptors (Lipinski definition) is 2. The second-order valence-electron chi connectivity index (χ2n) is 3.80. The van der Waals surface area contributed by atoms with Gasteiger partial charge in [0.05, 0.1) is 0 Å². The molecule has 0 unspecified atom stereocenters. The summed E-state index contributed by atoms with van der Waals surface area (Å²) in [5, 5.41) is 3.68. The number of nitrogens with two attached hydrogens (primary N) is 1. The molecule has 1 aromatic rings. The third-order valence-corrected chi connectivity index (χ3v) is 3.29. The van der Waals surface area contributed by atoms with Crippen LogP contribution in [0.3, 0.4) is 0 Å². The van der Waals surface area contributed by atoms with Crippen molar-refractivity contribution < 1.29 is 3.89 Å². The highest BCUT2D eigenvalue weighted by Gasteiger charge is 2.02. The molecular formula is C14H23ClFN3S. The maximum atomic E-state index is 11.9. The minimum absolute atomic E-state index is 0.364. The fraction of sp³-hybridized carbons (Fsp3) is 0.500. The van der Waals surface area contributed by atoms with Crippen molar-refractivity contribution in [3.8, 4) is 0 Å². The average molecular weight is 320 g/mol. The first-order chi connectivity index (χ1) is 9.67. The molecule has 1 rings (SSSR count). The Kier molecular flexibility index (Phi) is 11.3. The molecule has 0 aliphatic carbocycles. The first-order valence-electron chi connectivity index (χ1n) is 6.64. The lowest BCUT2D eigenvalue weighted by molar-refractivity contribution is 0.880. The van der Waals surface area contributed by atoms with Gasteiger partial charge in [0, 0.05) is 36.5 Å². The summed E-state index contributed by atoms with van der Waals surface area (Å²) in [7, 11) is 1.63. The Morgan fingerprint density at radius 2 is 2.15 bits per heavy atom. The van der Waals surface area contributed by atoms with Gasteiger partial charge >= 0.3 is 0 Å². The zero-order chi connectivity index (χ0) is 15.4. The van der Waals surface area contributed by atoms with Gasteiger partial charge in [-0.2, -0.15) is 3.89 Å². The second kappa shape index (κ2) is 11.9. The summed E-state index contributed by atoms with van der Waals surface area (Å²) >= 11 is 6.53. The number of aliphatic imine (C=N–C) groups is 1. The first kappa shape index (κ1) is 19.1. The zero-order valence-electron chi connectivity index (χ0n) is 12.2. The van der Waals surface area contributed by atoms with Gasteiger partial charge in [-0.05, 0) is 30.0 Å². The smallest absolute Gasteiger partial charge is 0.188 e. The molecular weight excluding hydrogens is 297 g/mol. The molecule has 0 saturated heterocycles. The van der Waals surface area contributed by atoms with Crippen molar-refractivity contribution >= 4 is 29.7 Å². The summed E-state index contributed by atoms with van der Waals surface area (Å²) in [5.74, 6) is 0.901. The third-order valence-electron chi connectivity index (χ3n) is 2.50. The summed E-state index contributed by atoms with van der Waals surface area (Å²) in [6, 6.07) is 5.86. The van der Waals surface area contributed by atoms with E-state index in [1.165, 1.54) is 0 Å². The maximum absolute atomic E-state index is 11.9.